The molecule has 2 nitrogen and oxygen atoms in total. The van der Waals surface area contributed by atoms with E-state index in [1.807, 2.05) is 0 Å². The quantitative estimate of drug-likeness (QED) is 0.611. The predicted molar refractivity (Wildman–Crippen MR) is 56.0 cm³/mol. The van der Waals surface area contributed by atoms with Crippen LogP contribution in [-0.4, -0.2) is 26.4 Å². The third kappa shape index (κ3) is 3.65. The number of hydrogen-bond donors (Lipinski definition) is 0. The molecule has 2 heteroatoms. The summed E-state index contributed by atoms with van der Waals surface area (Å²) in [5.74, 6) is 0.532. The van der Waals surface area contributed by atoms with Gasteiger partial charge in [0.2, 0.25) is 0 Å². The lowest BCUT2D eigenvalue weighted by Gasteiger charge is -2.30. The van der Waals surface area contributed by atoms with Gasteiger partial charge in [-0.25, -0.2) is 0 Å². The minimum absolute atomic E-state index is 0.342. The highest BCUT2D eigenvalue weighted by atomic mass is 16.5. The second-order valence-corrected chi connectivity index (χ2v) is 3.44. The molecule has 2 atom stereocenters. The molecular weight excluding hydrogens is 164 g/mol. The Morgan fingerprint density at radius 2 is 1.15 bits per heavy atom. The van der Waals surface area contributed by atoms with E-state index in [4.69, 9.17) is 9.47 Å². The van der Waals surface area contributed by atoms with E-state index in [1.165, 1.54) is 0 Å². The first-order valence-corrected chi connectivity index (χ1v) is 5.30. The molecule has 0 aromatic carbocycles. The monoisotopic (exact) mass is 188 g/mol. The van der Waals surface area contributed by atoms with Crippen LogP contribution in [0.5, 0.6) is 0 Å². The van der Waals surface area contributed by atoms with Crippen molar-refractivity contribution in [3.05, 3.63) is 0 Å². The number of rotatable bonds is 7. The van der Waals surface area contributed by atoms with Gasteiger partial charge in [0.05, 0.1) is 12.2 Å². The third-order valence-electron chi connectivity index (χ3n) is 2.84. The minimum Gasteiger partial charge on any atom is -0.381 e. The Labute approximate surface area is 82.6 Å². The smallest absolute Gasteiger partial charge is 0.0621 e. The summed E-state index contributed by atoms with van der Waals surface area (Å²) in [6, 6.07) is 0. The summed E-state index contributed by atoms with van der Waals surface area (Å²) in [6.07, 6.45) is 3.94. The summed E-state index contributed by atoms with van der Waals surface area (Å²) in [7, 11) is 3.58. The summed E-state index contributed by atoms with van der Waals surface area (Å²) < 4.78 is 10.9. The molecule has 0 aliphatic heterocycles. The Kier molecular flexibility index (Phi) is 7.29. The molecule has 0 heterocycles. The fourth-order valence-corrected chi connectivity index (χ4v) is 2.05. The van der Waals surface area contributed by atoms with Crippen molar-refractivity contribution in [1.29, 1.82) is 0 Å². The third-order valence-corrected chi connectivity index (χ3v) is 2.84. The second kappa shape index (κ2) is 7.34. The van der Waals surface area contributed by atoms with Crippen LogP contribution in [0.1, 0.15) is 40.0 Å². The highest BCUT2D eigenvalue weighted by molar-refractivity contribution is 4.75. The normalized spacial score (nSPS) is 18.2. The number of ether oxygens (including phenoxy) is 2. The zero-order chi connectivity index (χ0) is 10.3. The van der Waals surface area contributed by atoms with Gasteiger partial charge in [-0.05, 0) is 19.3 Å². The van der Waals surface area contributed by atoms with Crippen molar-refractivity contribution in [2.45, 2.75) is 52.2 Å². The topological polar surface area (TPSA) is 18.5 Å². The van der Waals surface area contributed by atoms with Crippen LogP contribution in [0.2, 0.25) is 0 Å². The standard InChI is InChI=1S/C11H24O2/c1-6-9(10(7-2)12-4)11(8-3)13-5/h9-11H,6-8H2,1-5H3. The zero-order valence-electron chi connectivity index (χ0n) is 9.67. The lowest BCUT2D eigenvalue weighted by atomic mass is 9.90. The van der Waals surface area contributed by atoms with Crippen LogP contribution in [0.25, 0.3) is 0 Å². The molecule has 0 rings (SSSR count). The number of hydrogen-bond acceptors (Lipinski definition) is 2. The molecule has 2 unspecified atom stereocenters. The van der Waals surface area contributed by atoms with Crippen LogP contribution < -0.4 is 0 Å². The first-order chi connectivity index (χ1) is 6.24. The Hall–Kier alpha value is -0.0800. The summed E-state index contributed by atoms with van der Waals surface area (Å²) in [6.45, 7) is 6.53. The Bertz CT molecular complexity index is 94.7. The summed E-state index contributed by atoms with van der Waals surface area (Å²) in [4.78, 5) is 0. The van der Waals surface area contributed by atoms with Crippen LogP contribution in [0.4, 0.5) is 0 Å². The molecule has 13 heavy (non-hydrogen) atoms. The van der Waals surface area contributed by atoms with Crippen molar-refractivity contribution < 1.29 is 9.47 Å². The van der Waals surface area contributed by atoms with Crippen molar-refractivity contribution in [3.8, 4) is 0 Å². The van der Waals surface area contributed by atoms with Gasteiger partial charge in [-0.1, -0.05) is 20.8 Å². The van der Waals surface area contributed by atoms with E-state index in [0.29, 0.717) is 18.1 Å². The van der Waals surface area contributed by atoms with Gasteiger partial charge in [-0.3, -0.25) is 0 Å². The van der Waals surface area contributed by atoms with Gasteiger partial charge in [0.15, 0.2) is 0 Å². The van der Waals surface area contributed by atoms with E-state index >= 15 is 0 Å². The molecular formula is C11H24O2. The number of methoxy groups -OCH3 is 2. The highest BCUT2D eigenvalue weighted by Crippen LogP contribution is 2.22. The van der Waals surface area contributed by atoms with Gasteiger partial charge in [-0.15, -0.1) is 0 Å². The summed E-state index contributed by atoms with van der Waals surface area (Å²) in [5, 5.41) is 0. The molecule has 0 aliphatic carbocycles. The van der Waals surface area contributed by atoms with Crippen LogP contribution in [0, 0.1) is 5.92 Å². The SMILES string of the molecule is CCC(OC)C(CC)C(CC)OC. The predicted octanol–water partition coefficient (Wildman–Crippen LogP) is 2.86. The molecule has 80 valence electrons. The summed E-state index contributed by atoms with van der Waals surface area (Å²) >= 11 is 0. The van der Waals surface area contributed by atoms with Crippen LogP contribution in [0.3, 0.4) is 0 Å². The van der Waals surface area contributed by atoms with Crippen LogP contribution in [0.15, 0.2) is 0 Å². The van der Waals surface area contributed by atoms with Crippen LogP contribution in [-0.2, 0) is 9.47 Å². The molecule has 0 N–H and O–H groups in total. The van der Waals surface area contributed by atoms with Gasteiger partial charge in [-0.2, -0.15) is 0 Å². The molecule has 0 saturated heterocycles. The second-order valence-electron chi connectivity index (χ2n) is 3.44. The van der Waals surface area contributed by atoms with E-state index in [1.54, 1.807) is 14.2 Å². The van der Waals surface area contributed by atoms with Crippen molar-refractivity contribution in [3.63, 3.8) is 0 Å². The fraction of sp³-hybridized carbons (Fsp3) is 1.00. The maximum absolute atomic E-state index is 5.46. The average Bonchev–Trinajstić information content (AvgIpc) is 2.18. The van der Waals surface area contributed by atoms with E-state index in [9.17, 15) is 0 Å². The van der Waals surface area contributed by atoms with Crippen molar-refractivity contribution in [1.82, 2.24) is 0 Å². The van der Waals surface area contributed by atoms with Gasteiger partial charge in [0.1, 0.15) is 0 Å². The van der Waals surface area contributed by atoms with Gasteiger partial charge >= 0.3 is 0 Å². The average molecular weight is 188 g/mol. The minimum atomic E-state index is 0.342. The Balaban J connectivity index is 4.26. The molecule has 0 aliphatic rings. The maximum Gasteiger partial charge on any atom is 0.0621 e. The van der Waals surface area contributed by atoms with Gasteiger partial charge in [0.25, 0.3) is 0 Å². The molecule has 0 aromatic heterocycles. The molecule has 0 saturated carbocycles. The van der Waals surface area contributed by atoms with E-state index in [-0.39, 0.29) is 0 Å². The zero-order valence-corrected chi connectivity index (χ0v) is 9.67. The lowest BCUT2D eigenvalue weighted by molar-refractivity contribution is -0.0374. The maximum atomic E-state index is 5.46. The molecule has 0 fully saturated rings. The highest BCUT2D eigenvalue weighted by Gasteiger charge is 2.25. The molecule has 0 amide bonds. The van der Waals surface area contributed by atoms with Gasteiger partial charge in [0, 0.05) is 20.1 Å². The van der Waals surface area contributed by atoms with E-state index in [0.717, 1.165) is 19.3 Å². The lowest BCUT2D eigenvalue weighted by Crippen LogP contribution is -2.33. The van der Waals surface area contributed by atoms with Crippen molar-refractivity contribution >= 4 is 0 Å². The largest absolute Gasteiger partial charge is 0.381 e. The molecule has 0 bridgehead atoms. The van der Waals surface area contributed by atoms with Crippen LogP contribution >= 0.6 is 0 Å². The Morgan fingerprint density at radius 3 is 1.31 bits per heavy atom. The molecule has 0 spiro atoms. The summed E-state index contributed by atoms with van der Waals surface area (Å²) in [5.41, 5.74) is 0. The first kappa shape index (κ1) is 12.9. The molecule has 0 aromatic rings. The fourth-order valence-electron chi connectivity index (χ4n) is 2.05. The van der Waals surface area contributed by atoms with Crippen molar-refractivity contribution in [2.24, 2.45) is 5.92 Å². The Morgan fingerprint density at radius 1 is 0.769 bits per heavy atom. The van der Waals surface area contributed by atoms with Gasteiger partial charge < -0.3 is 9.47 Å². The molecule has 0 radical (unpaired) electrons. The first-order valence-electron chi connectivity index (χ1n) is 5.30. The van der Waals surface area contributed by atoms with E-state index in [2.05, 4.69) is 20.8 Å². The van der Waals surface area contributed by atoms with E-state index < -0.39 is 0 Å². The van der Waals surface area contributed by atoms with Crippen molar-refractivity contribution in [2.75, 3.05) is 14.2 Å².